The van der Waals surface area contributed by atoms with Crippen molar-refractivity contribution in [3.63, 3.8) is 0 Å². The van der Waals surface area contributed by atoms with Crippen molar-refractivity contribution in [1.29, 1.82) is 0 Å². The standard InChI is InChI=1S/C26H27N3O2S2/c1-4-15-31-22-13-11-19(12-14-22)24-20(17-28(27-24)21-9-7-6-8-10-21)16-23-25(30)29(18(3)5-2)26(32)33-23/h6-14,16-18H,4-5,15H2,1-3H3/b23-16-/t18-/m1/s1. The van der Waals surface area contributed by atoms with Crippen LogP contribution in [0.15, 0.2) is 65.7 Å². The van der Waals surface area contributed by atoms with E-state index in [1.165, 1.54) is 11.8 Å². The molecule has 3 aromatic rings. The fourth-order valence-corrected chi connectivity index (χ4v) is 5.00. The SMILES string of the molecule is CCCOc1ccc(-c2nn(-c3ccccc3)cc2/C=C2\SC(=S)N([C@H](C)CC)C2=O)cc1. The summed E-state index contributed by atoms with van der Waals surface area (Å²) < 4.78 is 8.18. The summed E-state index contributed by atoms with van der Waals surface area (Å²) in [6, 6.07) is 17.9. The van der Waals surface area contributed by atoms with Crippen molar-refractivity contribution < 1.29 is 9.53 Å². The first-order chi connectivity index (χ1) is 16.0. The fourth-order valence-electron chi connectivity index (χ4n) is 3.54. The summed E-state index contributed by atoms with van der Waals surface area (Å²) in [7, 11) is 0. The molecule has 4 rings (SSSR count). The molecule has 1 saturated heterocycles. The molecule has 170 valence electrons. The summed E-state index contributed by atoms with van der Waals surface area (Å²) in [4.78, 5) is 15.4. The van der Waals surface area contributed by atoms with Crippen molar-refractivity contribution in [3.8, 4) is 22.7 Å². The smallest absolute Gasteiger partial charge is 0.266 e. The summed E-state index contributed by atoms with van der Waals surface area (Å²) in [5.41, 5.74) is 3.58. The van der Waals surface area contributed by atoms with Gasteiger partial charge in [0.2, 0.25) is 0 Å². The Morgan fingerprint density at radius 2 is 1.85 bits per heavy atom. The number of aromatic nitrogens is 2. The summed E-state index contributed by atoms with van der Waals surface area (Å²) >= 11 is 6.86. The van der Waals surface area contributed by atoms with E-state index in [0.717, 1.165) is 41.1 Å². The van der Waals surface area contributed by atoms with Crippen molar-refractivity contribution in [2.24, 2.45) is 0 Å². The minimum Gasteiger partial charge on any atom is -0.494 e. The van der Waals surface area contributed by atoms with Gasteiger partial charge in [0.15, 0.2) is 0 Å². The maximum atomic E-state index is 13.1. The predicted molar refractivity (Wildman–Crippen MR) is 140 cm³/mol. The van der Waals surface area contributed by atoms with Crippen LogP contribution in [0.1, 0.15) is 39.2 Å². The maximum absolute atomic E-state index is 13.1. The molecule has 0 N–H and O–H groups in total. The zero-order valence-corrected chi connectivity index (χ0v) is 20.7. The number of amides is 1. The number of carbonyl (C=O) groups excluding carboxylic acids is 1. The van der Waals surface area contributed by atoms with Gasteiger partial charge in [0, 0.05) is 23.4 Å². The van der Waals surface area contributed by atoms with Gasteiger partial charge in [0.1, 0.15) is 10.1 Å². The van der Waals surface area contributed by atoms with Crippen LogP contribution in [-0.2, 0) is 4.79 Å². The van der Waals surface area contributed by atoms with E-state index in [0.29, 0.717) is 15.8 Å². The largest absolute Gasteiger partial charge is 0.494 e. The van der Waals surface area contributed by atoms with E-state index >= 15 is 0 Å². The summed E-state index contributed by atoms with van der Waals surface area (Å²) in [5.74, 6) is 0.792. The van der Waals surface area contributed by atoms with Crippen LogP contribution >= 0.6 is 24.0 Å². The van der Waals surface area contributed by atoms with Crippen molar-refractivity contribution >= 4 is 40.3 Å². The van der Waals surface area contributed by atoms with Crippen LogP contribution in [0.25, 0.3) is 23.0 Å². The lowest BCUT2D eigenvalue weighted by molar-refractivity contribution is -0.123. The molecule has 0 aliphatic carbocycles. The molecule has 0 spiro atoms. The molecule has 1 amide bonds. The first-order valence-electron chi connectivity index (χ1n) is 11.2. The number of thioether (sulfide) groups is 1. The number of ether oxygens (including phenoxy) is 1. The van der Waals surface area contributed by atoms with Crippen molar-refractivity contribution in [2.75, 3.05) is 6.61 Å². The normalized spacial score (nSPS) is 16.0. The summed E-state index contributed by atoms with van der Waals surface area (Å²) in [6.45, 7) is 6.85. The minimum absolute atomic E-state index is 0.0407. The molecule has 0 saturated carbocycles. The van der Waals surface area contributed by atoms with E-state index in [1.54, 1.807) is 4.90 Å². The van der Waals surface area contributed by atoms with Gasteiger partial charge in [0.05, 0.1) is 22.9 Å². The zero-order chi connectivity index (χ0) is 23.4. The van der Waals surface area contributed by atoms with E-state index in [4.69, 9.17) is 22.1 Å². The Hall–Kier alpha value is -2.90. The first-order valence-corrected chi connectivity index (χ1v) is 12.4. The summed E-state index contributed by atoms with van der Waals surface area (Å²) in [6.07, 6.45) is 5.68. The molecule has 2 aromatic carbocycles. The van der Waals surface area contributed by atoms with Crippen LogP contribution in [0.2, 0.25) is 0 Å². The van der Waals surface area contributed by atoms with Crippen molar-refractivity contribution in [3.05, 3.63) is 71.3 Å². The Balaban J connectivity index is 1.74. The van der Waals surface area contributed by atoms with E-state index < -0.39 is 0 Å². The van der Waals surface area contributed by atoms with Gasteiger partial charge in [-0.25, -0.2) is 4.68 Å². The monoisotopic (exact) mass is 477 g/mol. The number of para-hydroxylation sites is 1. The highest BCUT2D eigenvalue weighted by atomic mass is 32.2. The van der Waals surface area contributed by atoms with Crippen LogP contribution in [-0.4, -0.2) is 37.6 Å². The number of hydrogen-bond acceptors (Lipinski definition) is 5. The number of carbonyl (C=O) groups is 1. The van der Waals surface area contributed by atoms with E-state index in [1.807, 2.05) is 78.5 Å². The molecule has 5 nitrogen and oxygen atoms in total. The molecule has 0 unspecified atom stereocenters. The van der Waals surface area contributed by atoms with Crippen LogP contribution in [0.5, 0.6) is 5.75 Å². The van der Waals surface area contributed by atoms with Crippen LogP contribution in [0.3, 0.4) is 0 Å². The highest BCUT2D eigenvalue weighted by Gasteiger charge is 2.35. The molecule has 1 aliphatic heterocycles. The second-order valence-corrected chi connectivity index (χ2v) is 9.57. The maximum Gasteiger partial charge on any atom is 0.266 e. The van der Waals surface area contributed by atoms with Crippen LogP contribution < -0.4 is 4.74 Å². The third-order valence-electron chi connectivity index (χ3n) is 5.51. The molecule has 7 heteroatoms. The number of thiocarbonyl (C=S) groups is 1. The van der Waals surface area contributed by atoms with Gasteiger partial charge in [-0.2, -0.15) is 5.10 Å². The predicted octanol–water partition coefficient (Wildman–Crippen LogP) is 6.33. The third-order valence-corrected chi connectivity index (χ3v) is 6.84. The highest BCUT2D eigenvalue weighted by Crippen LogP contribution is 2.36. The number of hydrogen-bond donors (Lipinski definition) is 0. The molecule has 2 heterocycles. The van der Waals surface area contributed by atoms with Gasteiger partial charge in [-0.15, -0.1) is 0 Å². The average Bonchev–Trinajstić information content (AvgIpc) is 3.38. The average molecular weight is 478 g/mol. The molecular weight excluding hydrogens is 450 g/mol. The Morgan fingerprint density at radius 1 is 1.12 bits per heavy atom. The number of nitrogens with zero attached hydrogens (tertiary/aromatic N) is 3. The highest BCUT2D eigenvalue weighted by molar-refractivity contribution is 8.26. The van der Waals surface area contributed by atoms with E-state index in [-0.39, 0.29) is 11.9 Å². The molecule has 1 atom stereocenters. The number of rotatable bonds is 8. The van der Waals surface area contributed by atoms with Gasteiger partial charge in [-0.3, -0.25) is 9.69 Å². The Kier molecular flexibility index (Phi) is 7.30. The second kappa shape index (κ2) is 10.4. The molecule has 1 fully saturated rings. The van der Waals surface area contributed by atoms with Gasteiger partial charge in [0.25, 0.3) is 5.91 Å². The molecule has 1 aromatic heterocycles. The molecular formula is C26H27N3O2S2. The minimum atomic E-state index is -0.0407. The Bertz CT molecular complexity index is 1170. The molecule has 0 bridgehead atoms. The number of benzene rings is 2. The van der Waals surface area contributed by atoms with Gasteiger partial charge < -0.3 is 4.74 Å². The lowest BCUT2D eigenvalue weighted by Gasteiger charge is -2.21. The quantitative estimate of drug-likeness (QED) is 0.280. The Morgan fingerprint density at radius 3 is 2.52 bits per heavy atom. The van der Waals surface area contributed by atoms with Crippen molar-refractivity contribution in [2.45, 2.75) is 39.7 Å². The zero-order valence-electron chi connectivity index (χ0n) is 19.0. The van der Waals surface area contributed by atoms with E-state index in [9.17, 15) is 4.79 Å². The second-order valence-electron chi connectivity index (χ2n) is 7.89. The van der Waals surface area contributed by atoms with E-state index in [2.05, 4.69) is 13.8 Å². The Labute approximate surface area is 204 Å². The molecule has 33 heavy (non-hydrogen) atoms. The van der Waals surface area contributed by atoms with Crippen molar-refractivity contribution in [1.82, 2.24) is 14.7 Å². The third kappa shape index (κ3) is 5.04. The lowest BCUT2D eigenvalue weighted by Crippen LogP contribution is -2.36. The topological polar surface area (TPSA) is 47.4 Å². The lowest BCUT2D eigenvalue weighted by atomic mass is 10.1. The van der Waals surface area contributed by atoms with Gasteiger partial charge in [-0.05, 0) is 62.2 Å². The molecule has 0 radical (unpaired) electrons. The van der Waals surface area contributed by atoms with Crippen LogP contribution in [0.4, 0.5) is 0 Å². The first kappa shape index (κ1) is 23.3. The van der Waals surface area contributed by atoms with Crippen LogP contribution in [0, 0.1) is 0 Å². The summed E-state index contributed by atoms with van der Waals surface area (Å²) in [5, 5.41) is 4.86. The van der Waals surface area contributed by atoms with Gasteiger partial charge in [-0.1, -0.05) is 56.0 Å². The van der Waals surface area contributed by atoms with Gasteiger partial charge >= 0.3 is 0 Å². The molecule has 1 aliphatic rings. The fraction of sp³-hybridized carbons (Fsp3) is 0.269.